The molecular formula is C14H30O13S8. The largest absolute Gasteiger partial charge is 0.376 e. The highest BCUT2D eigenvalue weighted by molar-refractivity contribution is 8.72. The van der Waals surface area contributed by atoms with Gasteiger partial charge in [-0.2, -0.15) is 0 Å². The Kier molecular flexibility index (Phi) is 18.1. The minimum Gasteiger partial charge on any atom is -0.376 e. The molecule has 0 amide bonds. The van der Waals surface area contributed by atoms with Crippen molar-refractivity contribution < 1.29 is 57.4 Å². The van der Waals surface area contributed by atoms with E-state index in [4.69, 9.17) is 23.7 Å². The average Bonchev–Trinajstić information content (AvgIpc) is 2.64. The van der Waals surface area contributed by atoms with Crippen LogP contribution in [0, 0.1) is 0 Å². The fourth-order valence-corrected chi connectivity index (χ4v) is 6.01. The van der Waals surface area contributed by atoms with Crippen LogP contribution in [0.5, 0.6) is 0 Å². The highest BCUT2D eigenvalue weighted by Crippen LogP contribution is 2.15. The van der Waals surface area contributed by atoms with Crippen molar-refractivity contribution in [3.63, 3.8) is 0 Å². The second kappa shape index (κ2) is 17.6. The molecule has 2 atom stereocenters. The van der Waals surface area contributed by atoms with Gasteiger partial charge in [-0.25, -0.2) is 33.7 Å². The Morgan fingerprint density at radius 3 is 1.00 bits per heavy atom. The number of hydrogen-bond donors (Lipinski definition) is 0. The second-order valence-corrected chi connectivity index (χ2v) is 24.2. The van der Waals surface area contributed by atoms with E-state index in [0.717, 1.165) is 25.0 Å². The van der Waals surface area contributed by atoms with E-state index >= 15 is 0 Å². The molecule has 0 radical (unpaired) electrons. The Balaban J connectivity index is 4.81. The molecule has 0 aromatic carbocycles. The second-order valence-electron chi connectivity index (χ2n) is 6.62. The first kappa shape index (κ1) is 36.0. The fourth-order valence-electron chi connectivity index (χ4n) is 1.64. The van der Waals surface area contributed by atoms with Gasteiger partial charge in [0.2, 0.25) is 35.5 Å². The third kappa shape index (κ3) is 27.8. The number of ether oxygens (including phenoxy) is 5. The van der Waals surface area contributed by atoms with Crippen LogP contribution in [-0.4, -0.2) is 121 Å². The van der Waals surface area contributed by atoms with Gasteiger partial charge in [0.05, 0.1) is 26.4 Å². The average molecular weight is 663 g/mol. The summed E-state index contributed by atoms with van der Waals surface area (Å²) < 4.78 is 117. The molecule has 21 heteroatoms. The van der Waals surface area contributed by atoms with Crippen LogP contribution in [0.1, 0.15) is 0 Å². The molecule has 0 aliphatic rings. The molecule has 0 saturated carbocycles. The van der Waals surface area contributed by atoms with Gasteiger partial charge in [-0.15, -0.1) is 0 Å². The topological polar surface area (TPSA) is 183 Å². The standard InChI is InChI=1S/C14H30O13S8/c1-32(15,16)28-9-24-7-13(26-11-30-34(3,19)20)5-23-6-14(27-12-31-35(4,21)22)8-25-10-29-33(2,17)18/h13-14H,5-12H2,1-4H3. The summed E-state index contributed by atoms with van der Waals surface area (Å²) in [7, 11) is -11.0. The first-order valence-electron chi connectivity index (χ1n) is 9.20. The normalized spacial score (nSPS) is 15.2. The van der Waals surface area contributed by atoms with Crippen LogP contribution in [0.15, 0.2) is 0 Å². The van der Waals surface area contributed by atoms with Crippen molar-refractivity contribution in [2.45, 2.75) is 12.2 Å². The molecule has 2 unspecified atom stereocenters. The lowest BCUT2D eigenvalue weighted by atomic mass is 10.4. The maximum absolute atomic E-state index is 11.3. The lowest BCUT2D eigenvalue weighted by molar-refractivity contribution is -0.0755. The quantitative estimate of drug-likeness (QED) is 0.0881. The van der Waals surface area contributed by atoms with E-state index in [2.05, 4.69) is 0 Å². The van der Waals surface area contributed by atoms with Gasteiger partial charge in [0.1, 0.15) is 36.0 Å². The van der Waals surface area contributed by atoms with Crippen LogP contribution in [0.25, 0.3) is 0 Å². The van der Waals surface area contributed by atoms with Crippen LogP contribution in [0.2, 0.25) is 0 Å². The van der Waals surface area contributed by atoms with Gasteiger partial charge in [-0.05, 0) is 43.2 Å². The number of hydrogen-bond acceptors (Lipinski definition) is 17. The molecule has 212 valence electrons. The van der Waals surface area contributed by atoms with Crippen molar-refractivity contribution in [1.29, 1.82) is 0 Å². The summed E-state index contributed by atoms with van der Waals surface area (Å²) in [5, 5.41) is 0. The fraction of sp³-hybridized carbons (Fsp3) is 1.00. The molecule has 0 bridgehead atoms. The predicted molar refractivity (Wildman–Crippen MR) is 142 cm³/mol. The van der Waals surface area contributed by atoms with E-state index in [1.807, 2.05) is 0 Å². The van der Waals surface area contributed by atoms with Gasteiger partial charge >= 0.3 is 0 Å². The summed E-state index contributed by atoms with van der Waals surface area (Å²) in [5.41, 5.74) is 0. The Hall–Kier alpha value is 1.00. The molecule has 0 heterocycles. The third-order valence-corrected chi connectivity index (χ3v) is 12.0. The van der Waals surface area contributed by atoms with E-state index in [1.54, 1.807) is 0 Å². The van der Waals surface area contributed by atoms with Crippen molar-refractivity contribution in [2.75, 3.05) is 75.2 Å². The molecule has 13 nitrogen and oxygen atoms in total. The smallest absolute Gasteiger partial charge is 0.200 e. The zero-order valence-corrected chi connectivity index (χ0v) is 25.9. The maximum Gasteiger partial charge on any atom is 0.200 e. The maximum atomic E-state index is 11.3. The monoisotopic (exact) mass is 662 g/mol. The van der Waals surface area contributed by atoms with E-state index in [9.17, 15) is 33.7 Å². The molecule has 0 rings (SSSR count). The zero-order chi connectivity index (χ0) is 27.2. The van der Waals surface area contributed by atoms with E-state index in [-0.39, 0.29) is 50.2 Å². The van der Waals surface area contributed by atoms with Crippen molar-refractivity contribution in [1.82, 2.24) is 0 Å². The third-order valence-electron chi connectivity index (χ3n) is 3.04. The molecule has 0 saturated heterocycles. The minimum absolute atomic E-state index is 0.0922. The predicted octanol–water partition coefficient (Wildman–Crippen LogP) is 0.408. The lowest BCUT2D eigenvalue weighted by Gasteiger charge is -2.21. The highest BCUT2D eigenvalue weighted by atomic mass is 33.2. The van der Waals surface area contributed by atoms with Crippen LogP contribution in [-0.2, 0) is 59.2 Å². The summed E-state index contributed by atoms with van der Waals surface area (Å²) in [5.74, 6) is -0.769. The van der Waals surface area contributed by atoms with Crippen molar-refractivity contribution in [3.8, 4) is 0 Å². The molecule has 35 heavy (non-hydrogen) atoms. The van der Waals surface area contributed by atoms with Crippen molar-refractivity contribution in [2.24, 2.45) is 0 Å². The first-order chi connectivity index (χ1) is 15.9. The van der Waals surface area contributed by atoms with E-state index < -0.39 is 47.7 Å². The molecule has 0 aliphatic heterocycles. The summed E-state index contributed by atoms with van der Waals surface area (Å²) in [4.78, 5) is 0. The minimum atomic E-state index is -3.35. The molecule has 0 fully saturated rings. The highest BCUT2D eigenvalue weighted by Gasteiger charge is 2.17. The van der Waals surface area contributed by atoms with Gasteiger partial charge in [-0.3, -0.25) is 0 Å². The Morgan fingerprint density at radius 1 is 0.457 bits per heavy atom. The SMILES string of the molecule is CS(=O)(=O)SCOCC(COCC(COCSS(C)(=O)=O)OCSS(C)(=O)=O)OCSS(C)(=O)=O. The first-order valence-corrected chi connectivity index (χ1v) is 22.8. The van der Waals surface area contributed by atoms with Crippen LogP contribution in [0.3, 0.4) is 0 Å². The van der Waals surface area contributed by atoms with Crippen LogP contribution in [0.4, 0.5) is 0 Å². The molecule has 0 aromatic rings. The van der Waals surface area contributed by atoms with Crippen molar-refractivity contribution >= 4 is 78.7 Å². The van der Waals surface area contributed by atoms with Crippen LogP contribution >= 0.6 is 43.2 Å². The molecular weight excluding hydrogens is 633 g/mol. The zero-order valence-electron chi connectivity index (χ0n) is 19.4. The van der Waals surface area contributed by atoms with Gasteiger partial charge < -0.3 is 23.7 Å². The summed E-state index contributed by atoms with van der Waals surface area (Å²) in [6, 6.07) is 0. The summed E-state index contributed by atoms with van der Waals surface area (Å²) in [6.45, 7) is -0.371. The van der Waals surface area contributed by atoms with Crippen LogP contribution < -0.4 is 0 Å². The van der Waals surface area contributed by atoms with Gasteiger partial charge in [0.15, 0.2) is 0 Å². The Bertz CT molecular complexity index is 926. The van der Waals surface area contributed by atoms with Gasteiger partial charge in [-0.1, -0.05) is 0 Å². The number of rotatable bonds is 22. The molecule has 0 N–H and O–H groups in total. The Morgan fingerprint density at radius 2 is 0.714 bits per heavy atom. The summed E-state index contributed by atoms with van der Waals surface area (Å²) in [6.07, 6.45) is 2.59. The van der Waals surface area contributed by atoms with Gasteiger partial charge in [0, 0.05) is 25.0 Å². The van der Waals surface area contributed by atoms with E-state index in [1.165, 1.54) is 0 Å². The Labute approximate surface area is 222 Å². The summed E-state index contributed by atoms with van der Waals surface area (Å²) >= 11 is 0. The van der Waals surface area contributed by atoms with Gasteiger partial charge in [0.25, 0.3) is 0 Å². The molecule has 0 spiro atoms. The van der Waals surface area contributed by atoms with E-state index in [0.29, 0.717) is 43.2 Å². The van der Waals surface area contributed by atoms with Crippen molar-refractivity contribution in [3.05, 3.63) is 0 Å². The lowest BCUT2D eigenvalue weighted by Crippen LogP contribution is -2.31. The molecule has 0 aromatic heterocycles. The molecule has 0 aliphatic carbocycles.